The zero-order valence-corrected chi connectivity index (χ0v) is 16.7. The summed E-state index contributed by atoms with van der Waals surface area (Å²) in [5.74, 6) is -0.0217. The molecule has 0 radical (unpaired) electrons. The van der Waals surface area contributed by atoms with E-state index in [2.05, 4.69) is 15.6 Å². The fourth-order valence-corrected chi connectivity index (χ4v) is 3.28. The normalized spacial score (nSPS) is 16.5. The van der Waals surface area contributed by atoms with Gasteiger partial charge < -0.3 is 15.5 Å². The van der Waals surface area contributed by atoms with Crippen LogP contribution in [0.25, 0.3) is 0 Å². The second kappa shape index (κ2) is 10.9. The quantitative estimate of drug-likeness (QED) is 0.773. The minimum Gasteiger partial charge on any atom is -0.338 e. The molecule has 1 saturated heterocycles. The van der Waals surface area contributed by atoms with E-state index in [4.69, 9.17) is 0 Å². The van der Waals surface area contributed by atoms with Crippen molar-refractivity contribution in [1.82, 2.24) is 15.2 Å². The number of halogens is 2. The van der Waals surface area contributed by atoms with Crippen LogP contribution < -0.4 is 10.6 Å². The van der Waals surface area contributed by atoms with Crippen LogP contribution in [-0.2, 0) is 16.0 Å². The highest BCUT2D eigenvalue weighted by Crippen LogP contribution is 2.20. The zero-order valence-electron chi connectivity index (χ0n) is 14.2. The van der Waals surface area contributed by atoms with Gasteiger partial charge in [0, 0.05) is 30.4 Å². The van der Waals surface area contributed by atoms with Gasteiger partial charge in [0.1, 0.15) is 0 Å². The van der Waals surface area contributed by atoms with Gasteiger partial charge in [-0.25, -0.2) is 4.98 Å². The molecule has 9 heteroatoms. The number of carbonyl (C=O) groups is 2. The van der Waals surface area contributed by atoms with E-state index < -0.39 is 0 Å². The molecule has 1 aromatic rings. The molecule has 6 nitrogen and oxygen atoms in total. The van der Waals surface area contributed by atoms with Crippen LogP contribution in [0.1, 0.15) is 32.4 Å². The van der Waals surface area contributed by atoms with Crippen molar-refractivity contribution in [2.75, 3.05) is 25.5 Å². The van der Waals surface area contributed by atoms with E-state index in [9.17, 15) is 9.59 Å². The van der Waals surface area contributed by atoms with E-state index in [1.807, 2.05) is 31.2 Å². The number of nitrogens with zero attached hydrogens (tertiary/aromatic N) is 2. The molecule has 0 bridgehead atoms. The van der Waals surface area contributed by atoms with Crippen molar-refractivity contribution in [2.45, 2.75) is 39.2 Å². The molecule has 138 valence electrons. The molecule has 1 aliphatic heterocycles. The summed E-state index contributed by atoms with van der Waals surface area (Å²) in [6.07, 6.45) is 2.42. The van der Waals surface area contributed by atoms with Crippen LogP contribution in [0.2, 0.25) is 0 Å². The highest BCUT2D eigenvalue weighted by Gasteiger charge is 2.28. The molecular formula is C15H26Cl2N4O2S. The second-order valence-corrected chi connectivity index (χ2v) is 6.76. The number of anilines is 1. The largest absolute Gasteiger partial charge is 0.338 e. The predicted octanol–water partition coefficient (Wildman–Crippen LogP) is 2.33. The van der Waals surface area contributed by atoms with Gasteiger partial charge in [-0.05, 0) is 19.9 Å². The SMILES string of the molecule is CNCC1CCCN1C(=O)Cc1csc(NC(=O)C(C)C)n1.Cl.Cl. The Kier molecular flexibility index (Phi) is 10.5. The van der Waals surface area contributed by atoms with E-state index in [0.29, 0.717) is 11.6 Å². The Bertz CT molecular complexity index is 539. The van der Waals surface area contributed by atoms with Gasteiger partial charge in [0.05, 0.1) is 12.1 Å². The first-order chi connectivity index (χ1) is 10.5. The van der Waals surface area contributed by atoms with E-state index in [-0.39, 0.29) is 48.6 Å². The van der Waals surface area contributed by atoms with E-state index in [1.165, 1.54) is 11.3 Å². The molecule has 0 saturated carbocycles. The summed E-state index contributed by atoms with van der Waals surface area (Å²) in [4.78, 5) is 30.3. The third-order valence-electron chi connectivity index (χ3n) is 3.78. The van der Waals surface area contributed by atoms with Crippen LogP contribution in [0.15, 0.2) is 5.38 Å². The highest BCUT2D eigenvalue weighted by atomic mass is 35.5. The minimum absolute atomic E-state index is 0. The Balaban J connectivity index is 0.00000264. The molecule has 0 aromatic carbocycles. The smallest absolute Gasteiger partial charge is 0.228 e. The lowest BCUT2D eigenvalue weighted by Gasteiger charge is -2.24. The number of hydrogen-bond acceptors (Lipinski definition) is 5. The molecule has 1 aliphatic rings. The Labute approximate surface area is 159 Å². The molecule has 2 N–H and O–H groups in total. The van der Waals surface area contributed by atoms with Crippen molar-refractivity contribution < 1.29 is 9.59 Å². The lowest BCUT2D eigenvalue weighted by molar-refractivity contribution is -0.131. The minimum atomic E-state index is -0.0825. The molecule has 1 atom stereocenters. The number of rotatable bonds is 6. The number of thiazole rings is 1. The highest BCUT2D eigenvalue weighted by molar-refractivity contribution is 7.13. The molecular weight excluding hydrogens is 371 g/mol. The summed E-state index contributed by atoms with van der Waals surface area (Å²) in [7, 11) is 1.91. The van der Waals surface area contributed by atoms with Gasteiger partial charge in [-0.3, -0.25) is 9.59 Å². The van der Waals surface area contributed by atoms with Crippen LogP contribution in [0.5, 0.6) is 0 Å². The number of likely N-dealkylation sites (tertiary alicyclic amines) is 1. The first-order valence-corrected chi connectivity index (χ1v) is 8.58. The van der Waals surface area contributed by atoms with E-state index in [0.717, 1.165) is 31.6 Å². The van der Waals surface area contributed by atoms with Gasteiger partial charge in [-0.1, -0.05) is 13.8 Å². The first-order valence-electron chi connectivity index (χ1n) is 7.70. The van der Waals surface area contributed by atoms with Gasteiger partial charge in [0.2, 0.25) is 11.8 Å². The molecule has 1 aromatic heterocycles. The maximum absolute atomic E-state index is 12.4. The van der Waals surface area contributed by atoms with Gasteiger partial charge in [-0.15, -0.1) is 36.2 Å². The lowest BCUT2D eigenvalue weighted by atomic mass is 10.2. The molecule has 2 amide bonds. The zero-order chi connectivity index (χ0) is 16.1. The topological polar surface area (TPSA) is 74.3 Å². The fraction of sp³-hybridized carbons (Fsp3) is 0.667. The van der Waals surface area contributed by atoms with E-state index in [1.54, 1.807) is 0 Å². The molecule has 0 aliphatic carbocycles. The maximum atomic E-state index is 12.4. The van der Waals surface area contributed by atoms with Gasteiger partial charge in [0.15, 0.2) is 5.13 Å². The van der Waals surface area contributed by atoms with Gasteiger partial charge in [-0.2, -0.15) is 0 Å². The molecule has 0 spiro atoms. The van der Waals surface area contributed by atoms with Crippen molar-refractivity contribution >= 4 is 53.1 Å². The summed E-state index contributed by atoms with van der Waals surface area (Å²) < 4.78 is 0. The maximum Gasteiger partial charge on any atom is 0.228 e. The van der Waals surface area contributed by atoms with Crippen LogP contribution in [0.3, 0.4) is 0 Å². The van der Waals surface area contributed by atoms with Crippen LogP contribution in [0, 0.1) is 5.92 Å². The second-order valence-electron chi connectivity index (χ2n) is 5.91. The summed E-state index contributed by atoms with van der Waals surface area (Å²) in [5.41, 5.74) is 0.726. The Morgan fingerprint density at radius 1 is 1.42 bits per heavy atom. The van der Waals surface area contributed by atoms with Gasteiger partial charge >= 0.3 is 0 Å². The van der Waals surface area contributed by atoms with E-state index >= 15 is 0 Å². The summed E-state index contributed by atoms with van der Waals surface area (Å²) in [6.45, 7) is 5.33. The monoisotopic (exact) mass is 396 g/mol. The standard InChI is InChI=1S/C15H24N4O2S.2ClH/c1-10(2)14(21)18-15-17-11(9-22-15)7-13(20)19-6-4-5-12(19)8-16-3;;/h9-10,12,16H,4-8H2,1-3H3,(H,17,18,21);2*1H. The third kappa shape index (κ3) is 6.20. The van der Waals surface area contributed by atoms with Crippen LogP contribution in [-0.4, -0.2) is 47.9 Å². The van der Waals surface area contributed by atoms with Gasteiger partial charge in [0.25, 0.3) is 0 Å². The number of nitrogens with one attached hydrogen (secondary N) is 2. The Morgan fingerprint density at radius 3 is 2.75 bits per heavy atom. The number of hydrogen-bond donors (Lipinski definition) is 2. The lowest BCUT2D eigenvalue weighted by Crippen LogP contribution is -2.41. The van der Waals surface area contributed by atoms with Crippen molar-refractivity contribution in [3.63, 3.8) is 0 Å². The first kappa shape index (κ1) is 23.1. The molecule has 1 unspecified atom stereocenters. The van der Waals surface area contributed by atoms with Crippen molar-refractivity contribution in [3.8, 4) is 0 Å². The summed E-state index contributed by atoms with van der Waals surface area (Å²) >= 11 is 1.36. The average Bonchev–Trinajstić information content (AvgIpc) is 3.08. The van der Waals surface area contributed by atoms with Crippen molar-refractivity contribution in [3.05, 3.63) is 11.1 Å². The molecule has 24 heavy (non-hydrogen) atoms. The Hall–Kier alpha value is -0.890. The number of amides is 2. The summed E-state index contributed by atoms with van der Waals surface area (Å²) in [6, 6.07) is 0.288. The molecule has 2 rings (SSSR count). The van der Waals surface area contributed by atoms with Crippen molar-refractivity contribution in [1.29, 1.82) is 0 Å². The Morgan fingerprint density at radius 2 is 2.12 bits per heavy atom. The molecule has 1 fully saturated rings. The predicted molar refractivity (Wildman–Crippen MR) is 102 cm³/mol. The van der Waals surface area contributed by atoms with Crippen LogP contribution in [0.4, 0.5) is 5.13 Å². The number of carbonyl (C=O) groups excluding carboxylic acids is 2. The summed E-state index contributed by atoms with van der Waals surface area (Å²) in [5, 5.41) is 8.32. The number of aromatic nitrogens is 1. The average molecular weight is 397 g/mol. The molecule has 2 heterocycles. The van der Waals surface area contributed by atoms with Crippen LogP contribution >= 0.6 is 36.2 Å². The number of likely N-dealkylation sites (N-methyl/N-ethyl adjacent to an activating group) is 1. The van der Waals surface area contributed by atoms with Crippen molar-refractivity contribution in [2.24, 2.45) is 5.92 Å². The fourth-order valence-electron chi connectivity index (χ4n) is 2.56. The third-order valence-corrected chi connectivity index (χ3v) is 4.58.